The molecule has 0 atom stereocenters. The second kappa shape index (κ2) is 8.85. The SMILES string of the molecule is Fc1ccc(Cl)c(CCON(c2ccccn2)c2cccc(Cl)c2F)c1Cl. The maximum absolute atomic E-state index is 14.5. The zero-order valence-electron chi connectivity index (χ0n) is 13.8. The third kappa shape index (κ3) is 4.50. The van der Waals surface area contributed by atoms with Crippen LogP contribution in [-0.2, 0) is 11.3 Å². The van der Waals surface area contributed by atoms with Gasteiger partial charge in [-0.25, -0.2) is 18.8 Å². The van der Waals surface area contributed by atoms with Gasteiger partial charge in [-0.3, -0.25) is 4.84 Å². The first-order valence-electron chi connectivity index (χ1n) is 7.89. The summed E-state index contributed by atoms with van der Waals surface area (Å²) in [7, 11) is 0. The van der Waals surface area contributed by atoms with Crippen LogP contribution in [0.3, 0.4) is 0 Å². The monoisotopic (exact) mass is 428 g/mol. The number of aromatic nitrogens is 1. The first-order chi connectivity index (χ1) is 13.0. The van der Waals surface area contributed by atoms with Crippen molar-refractivity contribution in [1.82, 2.24) is 4.98 Å². The summed E-state index contributed by atoms with van der Waals surface area (Å²) in [6, 6.07) is 12.3. The standard InChI is InChI=1S/C19H13Cl3F2N2O/c20-13-7-8-15(23)18(22)12(13)9-11-27-26(17-6-1-2-10-25-17)16-5-3-4-14(21)19(16)24/h1-8,10H,9,11H2. The summed E-state index contributed by atoms with van der Waals surface area (Å²) in [6.07, 6.45) is 1.76. The topological polar surface area (TPSA) is 25.4 Å². The van der Waals surface area contributed by atoms with Gasteiger partial charge in [0.15, 0.2) is 11.6 Å². The highest BCUT2D eigenvalue weighted by molar-refractivity contribution is 6.36. The molecule has 0 aliphatic heterocycles. The van der Waals surface area contributed by atoms with Crippen LogP contribution in [0.5, 0.6) is 0 Å². The van der Waals surface area contributed by atoms with Crippen molar-refractivity contribution < 1.29 is 13.6 Å². The van der Waals surface area contributed by atoms with E-state index < -0.39 is 11.6 Å². The number of pyridine rings is 1. The van der Waals surface area contributed by atoms with Crippen molar-refractivity contribution in [2.75, 3.05) is 11.7 Å². The lowest BCUT2D eigenvalue weighted by atomic mass is 10.1. The van der Waals surface area contributed by atoms with Crippen molar-refractivity contribution in [3.63, 3.8) is 0 Å². The molecule has 0 saturated heterocycles. The summed E-state index contributed by atoms with van der Waals surface area (Å²) in [5.74, 6) is -0.861. The van der Waals surface area contributed by atoms with Gasteiger partial charge in [0.1, 0.15) is 11.5 Å². The first kappa shape index (κ1) is 19.8. The molecule has 1 aromatic heterocycles. The van der Waals surface area contributed by atoms with Gasteiger partial charge in [0, 0.05) is 17.6 Å². The minimum absolute atomic E-state index is 0.0470. The summed E-state index contributed by atoms with van der Waals surface area (Å²) in [4.78, 5) is 9.92. The molecule has 3 nitrogen and oxygen atoms in total. The van der Waals surface area contributed by atoms with Gasteiger partial charge in [-0.2, -0.15) is 0 Å². The van der Waals surface area contributed by atoms with Crippen LogP contribution < -0.4 is 5.06 Å². The first-order valence-corrected chi connectivity index (χ1v) is 9.03. The van der Waals surface area contributed by atoms with E-state index >= 15 is 0 Å². The molecular weight excluding hydrogens is 417 g/mol. The van der Waals surface area contributed by atoms with E-state index in [2.05, 4.69) is 4.98 Å². The Morgan fingerprint density at radius 1 is 0.926 bits per heavy atom. The largest absolute Gasteiger partial charge is 0.267 e. The summed E-state index contributed by atoms with van der Waals surface area (Å²) in [5, 5.41) is 1.43. The molecular formula is C19H13Cl3F2N2O. The second-order valence-corrected chi connectivity index (χ2v) is 6.65. The number of anilines is 2. The van der Waals surface area contributed by atoms with Crippen molar-refractivity contribution in [3.8, 4) is 0 Å². The Kier molecular flexibility index (Phi) is 6.50. The fourth-order valence-corrected chi connectivity index (χ4v) is 3.15. The van der Waals surface area contributed by atoms with Crippen molar-refractivity contribution in [2.45, 2.75) is 6.42 Å². The number of rotatable bonds is 6. The molecule has 8 heteroatoms. The average Bonchev–Trinajstić information content (AvgIpc) is 2.68. The Morgan fingerprint density at radius 2 is 1.74 bits per heavy atom. The molecule has 0 radical (unpaired) electrons. The smallest absolute Gasteiger partial charge is 0.167 e. The molecule has 0 unspecified atom stereocenters. The van der Waals surface area contributed by atoms with E-state index in [9.17, 15) is 8.78 Å². The minimum atomic E-state index is -0.647. The summed E-state index contributed by atoms with van der Waals surface area (Å²) in [5.41, 5.74) is 0.503. The molecule has 0 aliphatic rings. The Bertz CT molecular complexity index is 942. The van der Waals surface area contributed by atoms with Crippen LogP contribution in [0.25, 0.3) is 0 Å². The van der Waals surface area contributed by atoms with Crippen LogP contribution in [0.2, 0.25) is 15.1 Å². The van der Waals surface area contributed by atoms with Gasteiger partial charge in [-0.1, -0.05) is 46.9 Å². The van der Waals surface area contributed by atoms with Crippen LogP contribution in [0.1, 0.15) is 5.56 Å². The molecule has 3 rings (SSSR count). The summed E-state index contributed by atoms with van der Waals surface area (Å²) < 4.78 is 28.2. The lowest BCUT2D eigenvalue weighted by Crippen LogP contribution is -2.21. The fourth-order valence-electron chi connectivity index (χ4n) is 2.42. The molecule has 0 fully saturated rings. The maximum atomic E-state index is 14.5. The van der Waals surface area contributed by atoms with E-state index in [1.165, 1.54) is 29.3 Å². The quantitative estimate of drug-likeness (QED) is 0.325. The van der Waals surface area contributed by atoms with E-state index in [0.717, 1.165) is 0 Å². The Morgan fingerprint density at radius 3 is 2.48 bits per heavy atom. The van der Waals surface area contributed by atoms with Gasteiger partial charge < -0.3 is 0 Å². The van der Waals surface area contributed by atoms with E-state index in [4.69, 9.17) is 39.6 Å². The van der Waals surface area contributed by atoms with Crippen LogP contribution in [0.4, 0.5) is 20.3 Å². The molecule has 0 amide bonds. The fraction of sp³-hybridized carbons (Fsp3) is 0.105. The molecule has 27 heavy (non-hydrogen) atoms. The molecule has 0 bridgehead atoms. The second-order valence-electron chi connectivity index (χ2n) is 5.46. The Balaban J connectivity index is 1.85. The van der Waals surface area contributed by atoms with Gasteiger partial charge in [-0.05, 0) is 42.0 Å². The Hall–Kier alpha value is -1.92. The van der Waals surface area contributed by atoms with E-state index in [1.807, 2.05) is 0 Å². The van der Waals surface area contributed by atoms with Crippen molar-refractivity contribution >= 4 is 46.3 Å². The zero-order chi connectivity index (χ0) is 19.4. The highest BCUT2D eigenvalue weighted by Gasteiger charge is 2.19. The van der Waals surface area contributed by atoms with Gasteiger partial charge in [0.2, 0.25) is 0 Å². The molecule has 0 saturated carbocycles. The molecule has 0 aliphatic carbocycles. The normalized spacial score (nSPS) is 10.9. The van der Waals surface area contributed by atoms with Gasteiger partial charge in [0.25, 0.3) is 0 Å². The molecule has 3 aromatic rings. The van der Waals surface area contributed by atoms with Crippen molar-refractivity contribution in [2.24, 2.45) is 0 Å². The summed E-state index contributed by atoms with van der Waals surface area (Å²) in [6.45, 7) is 0.0470. The summed E-state index contributed by atoms with van der Waals surface area (Å²) >= 11 is 17.9. The molecule has 0 N–H and O–H groups in total. The van der Waals surface area contributed by atoms with E-state index in [1.54, 1.807) is 30.5 Å². The van der Waals surface area contributed by atoms with E-state index in [0.29, 0.717) is 16.4 Å². The van der Waals surface area contributed by atoms with Gasteiger partial charge >= 0.3 is 0 Å². The predicted octanol–water partition coefficient (Wildman–Crippen LogP) is 6.63. The van der Waals surface area contributed by atoms with Gasteiger partial charge in [-0.15, -0.1) is 0 Å². The third-order valence-electron chi connectivity index (χ3n) is 3.72. The molecule has 1 heterocycles. The van der Waals surface area contributed by atoms with Crippen LogP contribution >= 0.6 is 34.8 Å². The number of nitrogens with zero attached hydrogens (tertiary/aromatic N) is 2. The van der Waals surface area contributed by atoms with Gasteiger partial charge in [0.05, 0.1) is 16.7 Å². The van der Waals surface area contributed by atoms with Crippen LogP contribution in [-0.4, -0.2) is 11.6 Å². The number of hydrogen-bond donors (Lipinski definition) is 0. The average molecular weight is 430 g/mol. The number of halogens is 5. The molecule has 0 spiro atoms. The number of hydrogen-bond acceptors (Lipinski definition) is 3. The highest BCUT2D eigenvalue weighted by atomic mass is 35.5. The van der Waals surface area contributed by atoms with Crippen molar-refractivity contribution in [3.05, 3.63) is 87.0 Å². The highest BCUT2D eigenvalue weighted by Crippen LogP contribution is 2.32. The molecule has 140 valence electrons. The lowest BCUT2D eigenvalue weighted by Gasteiger charge is -2.23. The van der Waals surface area contributed by atoms with E-state index in [-0.39, 0.29) is 28.8 Å². The lowest BCUT2D eigenvalue weighted by molar-refractivity contribution is 0.135. The Labute approximate surface area is 170 Å². The van der Waals surface area contributed by atoms with Crippen LogP contribution in [0.15, 0.2) is 54.7 Å². The predicted molar refractivity (Wildman–Crippen MR) is 104 cm³/mol. The third-order valence-corrected chi connectivity index (χ3v) is 4.77. The maximum Gasteiger partial charge on any atom is 0.167 e. The number of benzene rings is 2. The zero-order valence-corrected chi connectivity index (χ0v) is 16.1. The van der Waals surface area contributed by atoms with Crippen LogP contribution in [0, 0.1) is 11.6 Å². The minimum Gasteiger partial charge on any atom is -0.267 e. The van der Waals surface area contributed by atoms with Crippen molar-refractivity contribution in [1.29, 1.82) is 0 Å². The molecule has 2 aromatic carbocycles.